The van der Waals surface area contributed by atoms with Gasteiger partial charge in [0.15, 0.2) is 0 Å². The highest BCUT2D eigenvalue weighted by molar-refractivity contribution is 5.20. The van der Waals surface area contributed by atoms with Crippen molar-refractivity contribution in [1.29, 1.82) is 0 Å². The lowest BCUT2D eigenvalue weighted by Gasteiger charge is -2.26. The van der Waals surface area contributed by atoms with Gasteiger partial charge in [-0.1, -0.05) is 30.3 Å². The quantitative estimate of drug-likeness (QED) is 0.839. The van der Waals surface area contributed by atoms with Crippen molar-refractivity contribution in [2.75, 3.05) is 19.6 Å². The van der Waals surface area contributed by atoms with Crippen molar-refractivity contribution in [3.8, 4) is 0 Å². The average Bonchev–Trinajstić information content (AvgIpc) is 2.73. The molecule has 0 amide bonds. The maximum Gasteiger partial charge on any atom is 0.00889 e. The summed E-state index contributed by atoms with van der Waals surface area (Å²) >= 11 is 0. The van der Waals surface area contributed by atoms with Crippen molar-refractivity contribution in [2.45, 2.75) is 31.7 Å². The summed E-state index contributed by atoms with van der Waals surface area (Å²) in [7, 11) is 0. The molecular formula is C14H22N2. The first-order chi connectivity index (χ1) is 7.81. The lowest BCUT2D eigenvalue weighted by atomic mass is 9.98. The Morgan fingerprint density at radius 3 is 2.69 bits per heavy atom. The highest BCUT2D eigenvalue weighted by Crippen LogP contribution is 2.22. The van der Waals surface area contributed by atoms with Gasteiger partial charge in [-0.05, 0) is 31.9 Å². The second kappa shape index (κ2) is 5.46. The average molecular weight is 218 g/mol. The molecule has 2 unspecified atom stereocenters. The van der Waals surface area contributed by atoms with Crippen molar-refractivity contribution >= 4 is 0 Å². The minimum Gasteiger partial charge on any atom is -0.330 e. The van der Waals surface area contributed by atoms with Crippen LogP contribution in [0.5, 0.6) is 0 Å². The number of rotatable bonds is 4. The number of hydrogen-bond acceptors (Lipinski definition) is 2. The molecule has 16 heavy (non-hydrogen) atoms. The van der Waals surface area contributed by atoms with Crippen LogP contribution in [0.4, 0.5) is 0 Å². The van der Waals surface area contributed by atoms with E-state index >= 15 is 0 Å². The summed E-state index contributed by atoms with van der Waals surface area (Å²) in [6.07, 6.45) is 2.68. The van der Waals surface area contributed by atoms with Crippen LogP contribution in [-0.2, 0) is 0 Å². The van der Waals surface area contributed by atoms with Crippen LogP contribution < -0.4 is 5.73 Å². The van der Waals surface area contributed by atoms with E-state index in [4.69, 9.17) is 5.73 Å². The van der Waals surface area contributed by atoms with Crippen LogP contribution in [0.3, 0.4) is 0 Å². The summed E-state index contributed by atoms with van der Waals surface area (Å²) in [6, 6.07) is 11.4. The molecular weight excluding hydrogens is 196 g/mol. The number of nitrogens with two attached hydrogens (primary N) is 1. The molecule has 0 aromatic heterocycles. The fourth-order valence-corrected chi connectivity index (χ4v) is 2.59. The summed E-state index contributed by atoms with van der Waals surface area (Å²) in [4.78, 5) is 2.57. The van der Waals surface area contributed by atoms with Gasteiger partial charge in [0, 0.05) is 25.0 Å². The largest absolute Gasteiger partial charge is 0.330 e. The number of likely N-dealkylation sites (tertiary alicyclic amines) is 1. The summed E-state index contributed by atoms with van der Waals surface area (Å²) < 4.78 is 0. The van der Waals surface area contributed by atoms with Crippen molar-refractivity contribution < 1.29 is 0 Å². The topological polar surface area (TPSA) is 29.3 Å². The summed E-state index contributed by atoms with van der Waals surface area (Å²) in [6.45, 7) is 5.42. The molecule has 2 atom stereocenters. The SMILES string of the molecule is CC1CCCN1CC(CN)c1ccccc1. The predicted molar refractivity (Wildman–Crippen MR) is 68.5 cm³/mol. The zero-order valence-electron chi connectivity index (χ0n) is 10.1. The standard InChI is InChI=1S/C14H22N2/c1-12-6-5-9-16(12)11-14(10-15)13-7-3-2-4-8-13/h2-4,7-8,12,14H,5-6,9-11,15H2,1H3. The van der Waals surface area contributed by atoms with E-state index in [1.54, 1.807) is 0 Å². The molecule has 2 N–H and O–H groups in total. The summed E-state index contributed by atoms with van der Waals surface area (Å²) in [5, 5.41) is 0. The lowest BCUT2D eigenvalue weighted by Crippen LogP contribution is -2.33. The Hall–Kier alpha value is -0.860. The predicted octanol–water partition coefficient (Wildman–Crippen LogP) is 2.21. The molecule has 0 bridgehead atoms. The molecule has 2 heteroatoms. The van der Waals surface area contributed by atoms with Crippen LogP contribution >= 0.6 is 0 Å². The molecule has 1 saturated heterocycles. The fourth-order valence-electron chi connectivity index (χ4n) is 2.59. The van der Waals surface area contributed by atoms with Gasteiger partial charge in [-0.25, -0.2) is 0 Å². The van der Waals surface area contributed by atoms with Gasteiger partial charge in [0.05, 0.1) is 0 Å². The third-order valence-electron chi connectivity index (χ3n) is 3.70. The first kappa shape index (κ1) is 11.6. The highest BCUT2D eigenvalue weighted by Gasteiger charge is 2.23. The van der Waals surface area contributed by atoms with Gasteiger partial charge in [0.25, 0.3) is 0 Å². The lowest BCUT2D eigenvalue weighted by molar-refractivity contribution is 0.252. The number of benzene rings is 1. The summed E-state index contributed by atoms with van der Waals surface area (Å²) in [5.41, 5.74) is 7.28. The molecule has 88 valence electrons. The monoisotopic (exact) mass is 218 g/mol. The normalized spacial score (nSPS) is 23.5. The summed E-state index contributed by atoms with van der Waals surface area (Å²) in [5.74, 6) is 0.488. The maximum absolute atomic E-state index is 5.90. The van der Waals surface area contributed by atoms with Crippen molar-refractivity contribution in [2.24, 2.45) is 5.73 Å². The molecule has 0 aliphatic carbocycles. The van der Waals surface area contributed by atoms with Crippen molar-refractivity contribution in [3.05, 3.63) is 35.9 Å². The molecule has 0 saturated carbocycles. The van der Waals surface area contributed by atoms with Crippen molar-refractivity contribution in [3.63, 3.8) is 0 Å². The maximum atomic E-state index is 5.90. The van der Waals surface area contributed by atoms with E-state index in [0.717, 1.165) is 19.1 Å². The molecule has 1 heterocycles. The Balaban J connectivity index is 2.00. The molecule has 0 radical (unpaired) electrons. The van der Waals surface area contributed by atoms with Gasteiger partial charge in [0.2, 0.25) is 0 Å². The highest BCUT2D eigenvalue weighted by atomic mass is 15.2. The number of hydrogen-bond donors (Lipinski definition) is 1. The third-order valence-corrected chi connectivity index (χ3v) is 3.70. The molecule has 2 nitrogen and oxygen atoms in total. The van der Waals surface area contributed by atoms with E-state index in [1.165, 1.54) is 24.9 Å². The second-order valence-corrected chi connectivity index (χ2v) is 4.83. The van der Waals surface area contributed by atoms with E-state index in [0.29, 0.717) is 5.92 Å². The van der Waals surface area contributed by atoms with Crippen molar-refractivity contribution in [1.82, 2.24) is 4.90 Å². The zero-order chi connectivity index (χ0) is 11.4. The van der Waals surface area contributed by atoms with Crippen LogP contribution in [0, 0.1) is 0 Å². The van der Waals surface area contributed by atoms with E-state index < -0.39 is 0 Å². The van der Waals surface area contributed by atoms with Crippen LogP contribution in [0.2, 0.25) is 0 Å². The first-order valence-corrected chi connectivity index (χ1v) is 6.30. The van der Waals surface area contributed by atoms with Crippen LogP contribution in [-0.4, -0.2) is 30.6 Å². The fraction of sp³-hybridized carbons (Fsp3) is 0.571. The van der Waals surface area contributed by atoms with E-state index in [9.17, 15) is 0 Å². The Morgan fingerprint density at radius 2 is 2.12 bits per heavy atom. The Bertz CT molecular complexity index is 310. The van der Waals surface area contributed by atoms with Gasteiger partial charge >= 0.3 is 0 Å². The molecule has 2 rings (SSSR count). The molecule has 1 aromatic carbocycles. The zero-order valence-corrected chi connectivity index (χ0v) is 10.1. The van der Waals surface area contributed by atoms with Crippen LogP contribution in [0.25, 0.3) is 0 Å². The Labute approximate surface area is 98.4 Å². The van der Waals surface area contributed by atoms with Gasteiger partial charge in [-0.15, -0.1) is 0 Å². The van der Waals surface area contributed by atoms with Crippen LogP contribution in [0.15, 0.2) is 30.3 Å². The van der Waals surface area contributed by atoms with Gasteiger partial charge in [-0.3, -0.25) is 0 Å². The van der Waals surface area contributed by atoms with E-state index in [-0.39, 0.29) is 0 Å². The Morgan fingerprint density at radius 1 is 1.38 bits per heavy atom. The minimum absolute atomic E-state index is 0.488. The molecule has 1 fully saturated rings. The first-order valence-electron chi connectivity index (χ1n) is 6.30. The van der Waals surface area contributed by atoms with Gasteiger partial charge < -0.3 is 10.6 Å². The molecule has 0 spiro atoms. The minimum atomic E-state index is 0.488. The molecule has 1 aliphatic rings. The second-order valence-electron chi connectivity index (χ2n) is 4.83. The van der Waals surface area contributed by atoms with E-state index in [2.05, 4.69) is 42.2 Å². The van der Waals surface area contributed by atoms with Gasteiger partial charge in [0.1, 0.15) is 0 Å². The molecule has 1 aliphatic heterocycles. The molecule has 1 aromatic rings. The smallest absolute Gasteiger partial charge is 0.00889 e. The van der Waals surface area contributed by atoms with E-state index in [1.807, 2.05) is 0 Å². The Kier molecular flexibility index (Phi) is 3.97. The van der Waals surface area contributed by atoms with Crippen LogP contribution in [0.1, 0.15) is 31.2 Å². The third kappa shape index (κ3) is 2.63. The van der Waals surface area contributed by atoms with Gasteiger partial charge in [-0.2, -0.15) is 0 Å². The number of nitrogens with zero attached hydrogens (tertiary/aromatic N) is 1.